The fraction of sp³-hybridized carbons (Fsp3) is 0.478. The van der Waals surface area contributed by atoms with Crippen molar-refractivity contribution in [3.8, 4) is 17.4 Å². The number of carbonyl (C=O) groups excluding carboxylic acids is 1. The summed E-state index contributed by atoms with van der Waals surface area (Å²) in [5.41, 5.74) is 2.19. The normalized spacial score (nSPS) is 16.9. The number of furan rings is 1. The Balaban J connectivity index is 1.29. The number of hydrogen-bond acceptors (Lipinski definition) is 7. The first-order valence-corrected chi connectivity index (χ1v) is 11.3. The van der Waals surface area contributed by atoms with Gasteiger partial charge in [-0.25, -0.2) is 14.6 Å². The summed E-state index contributed by atoms with van der Waals surface area (Å²) in [6, 6.07) is 5.61. The fourth-order valence-corrected chi connectivity index (χ4v) is 4.03. The van der Waals surface area contributed by atoms with E-state index < -0.39 is 0 Å². The van der Waals surface area contributed by atoms with Crippen LogP contribution in [-0.2, 0) is 4.74 Å². The molecule has 1 saturated heterocycles. The first kappa shape index (κ1) is 20.8. The van der Waals surface area contributed by atoms with Crippen LogP contribution in [-0.4, -0.2) is 69.9 Å². The van der Waals surface area contributed by atoms with Crippen LogP contribution < -0.4 is 5.32 Å². The highest BCUT2D eigenvalue weighted by Gasteiger charge is 2.33. The van der Waals surface area contributed by atoms with E-state index in [9.17, 15) is 4.79 Å². The van der Waals surface area contributed by atoms with Crippen molar-refractivity contribution in [2.45, 2.75) is 32.1 Å². The molecule has 1 aliphatic carbocycles. The molecule has 1 aliphatic heterocycles. The lowest BCUT2D eigenvalue weighted by Crippen LogP contribution is -2.38. The molecule has 2 aliphatic rings. The minimum absolute atomic E-state index is 0.0852. The Morgan fingerprint density at radius 1 is 1.22 bits per heavy atom. The molecule has 1 saturated carbocycles. The van der Waals surface area contributed by atoms with Gasteiger partial charge in [-0.05, 0) is 50.9 Å². The van der Waals surface area contributed by atoms with E-state index in [1.807, 2.05) is 25.1 Å². The van der Waals surface area contributed by atoms with E-state index >= 15 is 0 Å². The van der Waals surface area contributed by atoms with Gasteiger partial charge in [0.1, 0.15) is 11.5 Å². The molecule has 0 spiro atoms. The molecule has 4 heterocycles. The lowest BCUT2D eigenvalue weighted by atomic mass is 10.1. The third-order valence-electron chi connectivity index (χ3n) is 5.88. The fourth-order valence-electron chi connectivity index (χ4n) is 4.03. The SMILES string of the molecule is Cc1ccc(-c2ccnc(-n3ncc(C(=O)NCCCN4CCOCC4)c3C3CC3)n2)o1. The topological polar surface area (TPSA) is 98.3 Å². The van der Waals surface area contributed by atoms with Crippen LogP contribution in [0.1, 0.15) is 47.0 Å². The van der Waals surface area contributed by atoms with Gasteiger partial charge in [0.05, 0.1) is 30.7 Å². The number of rotatable bonds is 8. The molecule has 168 valence electrons. The summed E-state index contributed by atoms with van der Waals surface area (Å²) in [6.45, 7) is 7.00. The Morgan fingerprint density at radius 3 is 2.81 bits per heavy atom. The minimum atomic E-state index is -0.0852. The van der Waals surface area contributed by atoms with Crippen LogP contribution in [0.4, 0.5) is 0 Å². The summed E-state index contributed by atoms with van der Waals surface area (Å²) in [6.07, 6.45) is 6.32. The second-order valence-electron chi connectivity index (χ2n) is 8.35. The molecule has 9 nitrogen and oxygen atoms in total. The Kier molecular flexibility index (Phi) is 6.00. The summed E-state index contributed by atoms with van der Waals surface area (Å²) < 4.78 is 12.8. The van der Waals surface area contributed by atoms with Crippen LogP contribution in [0.15, 0.2) is 35.0 Å². The van der Waals surface area contributed by atoms with Gasteiger partial charge >= 0.3 is 0 Å². The predicted octanol–water partition coefficient (Wildman–Crippen LogP) is 2.56. The second kappa shape index (κ2) is 9.22. The number of morpholine rings is 1. The van der Waals surface area contributed by atoms with Crippen molar-refractivity contribution in [2.24, 2.45) is 0 Å². The van der Waals surface area contributed by atoms with Crippen molar-refractivity contribution in [2.75, 3.05) is 39.4 Å². The van der Waals surface area contributed by atoms with Crippen molar-refractivity contribution in [1.82, 2.24) is 30.0 Å². The molecule has 2 fully saturated rings. The second-order valence-corrected chi connectivity index (χ2v) is 8.35. The number of amides is 1. The number of aryl methyl sites for hydroxylation is 1. The predicted molar refractivity (Wildman–Crippen MR) is 118 cm³/mol. The summed E-state index contributed by atoms with van der Waals surface area (Å²) in [5.74, 6) is 2.18. The van der Waals surface area contributed by atoms with Crippen LogP contribution in [0.3, 0.4) is 0 Å². The molecule has 0 bridgehead atoms. The summed E-state index contributed by atoms with van der Waals surface area (Å²) >= 11 is 0. The number of aromatic nitrogens is 4. The van der Waals surface area contributed by atoms with Crippen molar-refractivity contribution in [3.63, 3.8) is 0 Å². The zero-order chi connectivity index (χ0) is 21.9. The number of carbonyl (C=O) groups is 1. The smallest absolute Gasteiger partial charge is 0.254 e. The number of hydrogen-bond donors (Lipinski definition) is 1. The zero-order valence-electron chi connectivity index (χ0n) is 18.3. The summed E-state index contributed by atoms with van der Waals surface area (Å²) in [4.78, 5) is 24.4. The lowest BCUT2D eigenvalue weighted by molar-refractivity contribution is 0.0374. The molecule has 0 radical (unpaired) electrons. The molecule has 9 heteroatoms. The Hall–Kier alpha value is -3.04. The van der Waals surface area contributed by atoms with Gasteiger partial charge in [-0.1, -0.05) is 0 Å². The highest BCUT2D eigenvalue weighted by molar-refractivity contribution is 5.95. The average Bonchev–Trinajstić information content (AvgIpc) is 3.41. The first-order valence-electron chi connectivity index (χ1n) is 11.3. The Morgan fingerprint density at radius 2 is 2.06 bits per heavy atom. The highest BCUT2D eigenvalue weighted by atomic mass is 16.5. The van der Waals surface area contributed by atoms with Gasteiger partial charge in [0, 0.05) is 31.7 Å². The van der Waals surface area contributed by atoms with Gasteiger partial charge < -0.3 is 14.5 Å². The van der Waals surface area contributed by atoms with Gasteiger partial charge in [0.15, 0.2) is 5.76 Å². The summed E-state index contributed by atoms with van der Waals surface area (Å²) in [5, 5.41) is 7.55. The van der Waals surface area contributed by atoms with Crippen LogP contribution >= 0.6 is 0 Å². The van der Waals surface area contributed by atoms with Crippen molar-refractivity contribution in [3.05, 3.63) is 47.6 Å². The number of nitrogens with zero attached hydrogens (tertiary/aromatic N) is 5. The summed E-state index contributed by atoms with van der Waals surface area (Å²) in [7, 11) is 0. The van der Waals surface area contributed by atoms with E-state index in [1.54, 1.807) is 17.1 Å². The van der Waals surface area contributed by atoms with E-state index in [4.69, 9.17) is 9.15 Å². The molecule has 32 heavy (non-hydrogen) atoms. The number of ether oxygens (including phenoxy) is 1. The van der Waals surface area contributed by atoms with Crippen LogP contribution in [0, 0.1) is 6.92 Å². The van der Waals surface area contributed by atoms with Crippen molar-refractivity contribution < 1.29 is 13.9 Å². The first-order chi connectivity index (χ1) is 15.7. The number of nitrogens with one attached hydrogen (secondary N) is 1. The van der Waals surface area contributed by atoms with Crippen LogP contribution in [0.25, 0.3) is 17.4 Å². The van der Waals surface area contributed by atoms with Gasteiger partial charge in [-0.2, -0.15) is 5.10 Å². The molecule has 0 atom stereocenters. The maximum absolute atomic E-state index is 12.9. The average molecular weight is 437 g/mol. The van der Waals surface area contributed by atoms with Crippen molar-refractivity contribution >= 4 is 5.91 Å². The van der Waals surface area contributed by atoms with E-state index in [1.165, 1.54) is 0 Å². The third kappa shape index (κ3) is 4.58. The quantitative estimate of drug-likeness (QED) is 0.542. The van der Waals surface area contributed by atoms with E-state index in [0.717, 1.165) is 63.6 Å². The maximum atomic E-state index is 12.9. The van der Waals surface area contributed by atoms with Gasteiger partial charge in [0.2, 0.25) is 0 Å². The molecular formula is C23H28N6O3. The minimum Gasteiger partial charge on any atom is -0.460 e. The standard InChI is InChI=1S/C23H28N6O3/c1-16-3-6-20(32-16)19-7-9-25-23(27-19)29-21(17-4-5-17)18(15-26-29)22(30)24-8-2-10-28-11-13-31-14-12-28/h3,6-7,9,15,17H,2,4-5,8,10-14H2,1H3,(H,24,30). The van der Waals surface area contributed by atoms with Gasteiger partial charge in [-0.3, -0.25) is 9.69 Å². The van der Waals surface area contributed by atoms with Gasteiger partial charge in [0.25, 0.3) is 11.9 Å². The van der Waals surface area contributed by atoms with E-state index in [-0.39, 0.29) is 5.91 Å². The highest BCUT2D eigenvalue weighted by Crippen LogP contribution is 2.42. The zero-order valence-corrected chi connectivity index (χ0v) is 18.3. The Bertz CT molecular complexity index is 1080. The molecular weight excluding hydrogens is 408 g/mol. The molecule has 0 unspecified atom stereocenters. The monoisotopic (exact) mass is 436 g/mol. The van der Waals surface area contributed by atoms with Crippen LogP contribution in [0.5, 0.6) is 0 Å². The molecule has 5 rings (SSSR count). The third-order valence-corrected chi connectivity index (χ3v) is 5.88. The van der Waals surface area contributed by atoms with Gasteiger partial charge in [-0.15, -0.1) is 0 Å². The molecule has 3 aromatic heterocycles. The van der Waals surface area contributed by atoms with Crippen LogP contribution in [0.2, 0.25) is 0 Å². The van der Waals surface area contributed by atoms with E-state index in [0.29, 0.717) is 35.4 Å². The molecule has 1 N–H and O–H groups in total. The molecule has 0 aromatic carbocycles. The van der Waals surface area contributed by atoms with E-state index in [2.05, 4.69) is 25.3 Å². The molecule has 1 amide bonds. The Labute approximate surface area is 186 Å². The maximum Gasteiger partial charge on any atom is 0.254 e. The molecule has 3 aromatic rings. The van der Waals surface area contributed by atoms with Crippen molar-refractivity contribution in [1.29, 1.82) is 0 Å². The lowest BCUT2D eigenvalue weighted by Gasteiger charge is -2.26. The largest absolute Gasteiger partial charge is 0.460 e.